The average Bonchev–Trinajstić information content (AvgIpc) is 3.06. The van der Waals surface area contributed by atoms with E-state index in [1.807, 2.05) is 35.8 Å². The summed E-state index contributed by atoms with van der Waals surface area (Å²) in [5, 5.41) is 5.80. The molecule has 152 valence electrons. The molecule has 0 bridgehead atoms. The summed E-state index contributed by atoms with van der Waals surface area (Å²) in [6.45, 7) is 2.60. The van der Waals surface area contributed by atoms with Crippen molar-refractivity contribution >= 4 is 28.5 Å². The Morgan fingerprint density at radius 1 is 1.07 bits per heavy atom. The molecule has 2 aromatic carbocycles. The Kier molecular flexibility index (Phi) is 6.84. The normalized spacial score (nSPS) is 10.7. The number of benzene rings is 2. The number of rotatable bonds is 9. The van der Waals surface area contributed by atoms with Crippen LogP contribution in [0.25, 0.3) is 11.0 Å². The van der Waals surface area contributed by atoms with E-state index >= 15 is 0 Å². The van der Waals surface area contributed by atoms with Crippen LogP contribution in [0.4, 0.5) is 5.69 Å². The van der Waals surface area contributed by atoms with Crippen LogP contribution in [0.1, 0.15) is 25.6 Å². The predicted molar refractivity (Wildman–Crippen MR) is 113 cm³/mol. The van der Waals surface area contributed by atoms with Gasteiger partial charge in [0.1, 0.15) is 18.1 Å². The number of fused-ring (bicyclic) bond motifs is 1. The molecule has 3 aromatic rings. The molecule has 7 nitrogen and oxygen atoms in total. The molecule has 0 aliphatic heterocycles. The van der Waals surface area contributed by atoms with Crippen molar-refractivity contribution in [1.29, 1.82) is 0 Å². The molecular weight excluding hydrogens is 368 g/mol. The monoisotopic (exact) mass is 394 g/mol. The molecule has 0 saturated carbocycles. The maximum absolute atomic E-state index is 12.6. The van der Waals surface area contributed by atoms with Crippen LogP contribution in [0.3, 0.4) is 0 Å². The Morgan fingerprint density at radius 3 is 2.55 bits per heavy atom. The lowest BCUT2D eigenvalue weighted by Crippen LogP contribution is -2.27. The zero-order valence-corrected chi connectivity index (χ0v) is 16.8. The van der Waals surface area contributed by atoms with E-state index in [4.69, 9.17) is 4.74 Å². The summed E-state index contributed by atoms with van der Waals surface area (Å²) in [6, 6.07) is 14.9. The van der Waals surface area contributed by atoms with E-state index in [0.29, 0.717) is 25.1 Å². The molecule has 0 aliphatic rings. The van der Waals surface area contributed by atoms with Crippen molar-refractivity contribution in [2.45, 2.75) is 32.7 Å². The van der Waals surface area contributed by atoms with Gasteiger partial charge in [-0.05, 0) is 42.8 Å². The number of hydrogen-bond acceptors (Lipinski definition) is 4. The standard InChI is InChI=1S/C22H26N4O3/c1-3-6-21(27)23-14-13-20-25-18-7-4-5-8-19(18)26(20)15-22(28)24-16-9-11-17(29-2)12-10-16/h4-5,7-12H,3,6,13-15H2,1-2H3,(H,23,27)(H,24,28). The number of imidazole rings is 1. The Labute approximate surface area is 170 Å². The van der Waals surface area contributed by atoms with Gasteiger partial charge in [-0.25, -0.2) is 4.98 Å². The number of para-hydroxylation sites is 2. The van der Waals surface area contributed by atoms with Crippen molar-refractivity contribution < 1.29 is 14.3 Å². The molecule has 0 fully saturated rings. The summed E-state index contributed by atoms with van der Waals surface area (Å²) in [5.74, 6) is 1.39. The van der Waals surface area contributed by atoms with Crippen LogP contribution in [-0.4, -0.2) is 35.0 Å². The fraction of sp³-hybridized carbons (Fsp3) is 0.318. The van der Waals surface area contributed by atoms with Crippen molar-refractivity contribution in [2.75, 3.05) is 19.0 Å². The fourth-order valence-electron chi connectivity index (χ4n) is 3.14. The first kappa shape index (κ1) is 20.4. The van der Waals surface area contributed by atoms with Gasteiger partial charge in [0.2, 0.25) is 11.8 Å². The molecule has 0 unspecified atom stereocenters. The maximum atomic E-state index is 12.6. The summed E-state index contributed by atoms with van der Waals surface area (Å²) < 4.78 is 7.04. The molecule has 2 N–H and O–H groups in total. The molecule has 0 aliphatic carbocycles. The largest absolute Gasteiger partial charge is 0.497 e. The second-order valence-electron chi connectivity index (χ2n) is 6.73. The van der Waals surface area contributed by atoms with Crippen molar-refractivity contribution in [3.8, 4) is 5.75 Å². The summed E-state index contributed by atoms with van der Waals surface area (Å²) in [4.78, 5) is 29.0. The van der Waals surface area contributed by atoms with E-state index in [1.54, 1.807) is 31.4 Å². The zero-order valence-electron chi connectivity index (χ0n) is 16.8. The van der Waals surface area contributed by atoms with Crippen LogP contribution in [0.5, 0.6) is 5.75 Å². The van der Waals surface area contributed by atoms with Crippen LogP contribution in [0, 0.1) is 0 Å². The van der Waals surface area contributed by atoms with Crippen LogP contribution < -0.4 is 15.4 Å². The van der Waals surface area contributed by atoms with E-state index in [0.717, 1.165) is 29.0 Å². The van der Waals surface area contributed by atoms with Crippen molar-refractivity contribution in [3.05, 3.63) is 54.4 Å². The highest BCUT2D eigenvalue weighted by Gasteiger charge is 2.14. The summed E-state index contributed by atoms with van der Waals surface area (Å²) >= 11 is 0. The molecule has 0 radical (unpaired) electrons. The van der Waals surface area contributed by atoms with E-state index < -0.39 is 0 Å². The van der Waals surface area contributed by atoms with Crippen LogP contribution >= 0.6 is 0 Å². The molecule has 0 atom stereocenters. The molecule has 3 rings (SSSR count). The number of amides is 2. The van der Waals surface area contributed by atoms with Gasteiger partial charge in [0.25, 0.3) is 0 Å². The SMILES string of the molecule is CCCC(=O)NCCc1nc2ccccc2n1CC(=O)Nc1ccc(OC)cc1. The highest BCUT2D eigenvalue weighted by molar-refractivity contribution is 5.91. The van der Waals surface area contributed by atoms with Crippen LogP contribution in [-0.2, 0) is 22.6 Å². The third kappa shape index (κ3) is 5.34. The van der Waals surface area contributed by atoms with Gasteiger partial charge >= 0.3 is 0 Å². The molecule has 2 amide bonds. The Hall–Kier alpha value is -3.35. The molecule has 0 saturated heterocycles. The molecule has 7 heteroatoms. The minimum atomic E-state index is -0.144. The second-order valence-corrected chi connectivity index (χ2v) is 6.73. The van der Waals surface area contributed by atoms with Crippen molar-refractivity contribution in [1.82, 2.24) is 14.9 Å². The third-order valence-electron chi connectivity index (χ3n) is 4.56. The lowest BCUT2D eigenvalue weighted by Gasteiger charge is -2.11. The van der Waals surface area contributed by atoms with Crippen LogP contribution in [0.2, 0.25) is 0 Å². The number of carbonyl (C=O) groups excluding carboxylic acids is 2. The molecule has 0 spiro atoms. The van der Waals surface area contributed by atoms with Gasteiger partial charge in [0, 0.05) is 25.1 Å². The van der Waals surface area contributed by atoms with Gasteiger partial charge in [0.05, 0.1) is 18.1 Å². The molecule has 1 aromatic heterocycles. The number of anilines is 1. The molecule has 1 heterocycles. The van der Waals surface area contributed by atoms with Gasteiger partial charge in [-0.3, -0.25) is 9.59 Å². The number of carbonyl (C=O) groups is 2. The Balaban J connectivity index is 1.72. The lowest BCUT2D eigenvalue weighted by atomic mass is 10.3. The summed E-state index contributed by atoms with van der Waals surface area (Å²) in [6.07, 6.45) is 1.89. The molecular formula is C22H26N4O3. The van der Waals surface area contributed by atoms with Gasteiger partial charge in [-0.1, -0.05) is 19.1 Å². The number of hydrogen-bond donors (Lipinski definition) is 2. The lowest BCUT2D eigenvalue weighted by molar-refractivity contribution is -0.121. The number of methoxy groups -OCH3 is 1. The number of aromatic nitrogens is 2. The minimum absolute atomic E-state index is 0.0346. The quantitative estimate of drug-likeness (QED) is 0.584. The van der Waals surface area contributed by atoms with Gasteiger partial charge in [0.15, 0.2) is 0 Å². The summed E-state index contributed by atoms with van der Waals surface area (Å²) in [5.41, 5.74) is 2.43. The first-order valence-electron chi connectivity index (χ1n) is 9.75. The van der Waals surface area contributed by atoms with E-state index in [-0.39, 0.29) is 18.4 Å². The van der Waals surface area contributed by atoms with Crippen molar-refractivity contribution in [3.63, 3.8) is 0 Å². The topological polar surface area (TPSA) is 85.2 Å². The smallest absolute Gasteiger partial charge is 0.244 e. The predicted octanol–water partition coefficient (Wildman–Crippen LogP) is 3.14. The van der Waals surface area contributed by atoms with Crippen molar-refractivity contribution in [2.24, 2.45) is 0 Å². The molecule has 29 heavy (non-hydrogen) atoms. The van der Waals surface area contributed by atoms with Gasteiger partial charge in [-0.15, -0.1) is 0 Å². The average molecular weight is 394 g/mol. The van der Waals surface area contributed by atoms with Crippen LogP contribution in [0.15, 0.2) is 48.5 Å². The fourth-order valence-corrected chi connectivity index (χ4v) is 3.14. The maximum Gasteiger partial charge on any atom is 0.244 e. The zero-order chi connectivity index (χ0) is 20.6. The van der Waals surface area contributed by atoms with E-state index in [2.05, 4.69) is 15.6 Å². The second kappa shape index (κ2) is 9.73. The first-order valence-corrected chi connectivity index (χ1v) is 9.75. The number of nitrogens with one attached hydrogen (secondary N) is 2. The highest BCUT2D eigenvalue weighted by atomic mass is 16.5. The first-order chi connectivity index (χ1) is 14.1. The summed E-state index contributed by atoms with van der Waals surface area (Å²) in [7, 11) is 1.60. The number of ether oxygens (including phenoxy) is 1. The Morgan fingerprint density at radius 2 is 1.83 bits per heavy atom. The Bertz CT molecular complexity index is 979. The van der Waals surface area contributed by atoms with E-state index in [9.17, 15) is 9.59 Å². The number of nitrogens with zero attached hydrogens (tertiary/aromatic N) is 2. The van der Waals surface area contributed by atoms with E-state index in [1.165, 1.54) is 0 Å². The highest BCUT2D eigenvalue weighted by Crippen LogP contribution is 2.18. The van der Waals surface area contributed by atoms with Gasteiger partial charge in [-0.2, -0.15) is 0 Å². The van der Waals surface area contributed by atoms with Gasteiger partial charge < -0.3 is 19.9 Å². The third-order valence-corrected chi connectivity index (χ3v) is 4.56. The minimum Gasteiger partial charge on any atom is -0.497 e.